The van der Waals surface area contributed by atoms with Crippen molar-refractivity contribution in [2.45, 2.75) is 13.3 Å². The highest BCUT2D eigenvalue weighted by atomic mass is 16.2. The molecule has 1 aromatic rings. The van der Waals surface area contributed by atoms with Gasteiger partial charge in [0.2, 0.25) is 11.8 Å². The quantitative estimate of drug-likeness (QED) is 0.806. The Morgan fingerprint density at radius 1 is 1.32 bits per heavy atom. The Kier molecular flexibility index (Phi) is 3.14. The van der Waals surface area contributed by atoms with Crippen LogP contribution in [0.1, 0.15) is 23.7 Å². The van der Waals surface area contributed by atoms with E-state index < -0.39 is 5.41 Å². The molecule has 0 aromatic heterocycles. The number of carbonyl (C=O) groups excluding carboxylic acids is 3. The molecule has 1 aliphatic rings. The summed E-state index contributed by atoms with van der Waals surface area (Å²) in [6, 6.07) is 6.94. The smallest absolute Gasteiger partial charge is 0.241 e. The largest absolute Gasteiger partial charge is 0.359 e. The summed E-state index contributed by atoms with van der Waals surface area (Å²) < 4.78 is 0. The maximum Gasteiger partial charge on any atom is 0.241 e. The minimum absolute atomic E-state index is 0.139. The van der Waals surface area contributed by atoms with Gasteiger partial charge in [0.05, 0.1) is 5.69 Å². The average molecular weight is 260 g/mol. The van der Waals surface area contributed by atoms with E-state index >= 15 is 0 Å². The Bertz CT molecular complexity index is 568. The van der Waals surface area contributed by atoms with Crippen molar-refractivity contribution < 1.29 is 14.4 Å². The number of hydrogen-bond donors (Lipinski definition) is 1. The third kappa shape index (κ3) is 1.91. The van der Waals surface area contributed by atoms with Gasteiger partial charge < -0.3 is 10.2 Å². The molecule has 0 fully saturated rings. The molecule has 19 heavy (non-hydrogen) atoms. The summed E-state index contributed by atoms with van der Waals surface area (Å²) in [7, 11) is 3.11. The summed E-state index contributed by atoms with van der Waals surface area (Å²) in [6.07, 6.45) is -0.139. The molecule has 1 aliphatic heterocycles. The minimum atomic E-state index is -1.33. The fourth-order valence-electron chi connectivity index (χ4n) is 2.40. The number of Topliss-reactive ketones (excluding diaryl/α,β-unsaturated/α-hetero) is 1. The first-order valence-electron chi connectivity index (χ1n) is 6.04. The highest BCUT2D eigenvalue weighted by Gasteiger charge is 2.49. The number of carbonyl (C=O) groups is 3. The van der Waals surface area contributed by atoms with Crippen LogP contribution in [-0.4, -0.2) is 31.7 Å². The van der Waals surface area contributed by atoms with Crippen LogP contribution in [0.2, 0.25) is 0 Å². The van der Waals surface area contributed by atoms with Gasteiger partial charge in [-0.1, -0.05) is 12.1 Å². The zero-order valence-corrected chi connectivity index (χ0v) is 11.2. The number of nitrogens with zero attached hydrogens (tertiary/aromatic N) is 1. The summed E-state index contributed by atoms with van der Waals surface area (Å²) in [4.78, 5) is 37.9. The van der Waals surface area contributed by atoms with E-state index in [0.717, 1.165) is 0 Å². The van der Waals surface area contributed by atoms with E-state index in [0.29, 0.717) is 11.3 Å². The van der Waals surface area contributed by atoms with E-state index in [1.54, 1.807) is 31.3 Å². The number of rotatable bonds is 2. The van der Waals surface area contributed by atoms with Crippen molar-refractivity contribution in [3.8, 4) is 0 Å². The Morgan fingerprint density at radius 3 is 2.58 bits per heavy atom. The second kappa shape index (κ2) is 4.50. The standard InChI is InChI=1S/C14H16N2O3/c1-14(8-11(17)15-2)12(18)9-6-4-5-7-10(9)16(3)13(14)19/h4-7H,8H2,1-3H3,(H,15,17). The lowest BCUT2D eigenvalue weighted by atomic mass is 9.74. The molecule has 2 rings (SSSR count). The molecule has 100 valence electrons. The molecule has 0 aliphatic carbocycles. The van der Waals surface area contributed by atoms with Crippen LogP contribution in [0.4, 0.5) is 5.69 Å². The molecule has 1 N–H and O–H groups in total. The first kappa shape index (κ1) is 13.3. The highest BCUT2D eigenvalue weighted by Crippen LogP contribution is 2.38. The van der Waals surface area contributed by atoms with Crippen molar-refractivity contribution in [1.29, 1.82) is 0 Å². The molecule has 0 radical (unpaired) electrons. The highest BCUT2D eigenvalue weighted by molar-refractivity contribution is 6.25. The molecule has 0 spiro atoms. The molecular weight excluding hydrogens is 244 g/mol. The average Bonchev–Trinajstić information content (AvgIpc) is 2.43. The number of fused-ring (bicyclic) bond motifs is 1. The van der Waals surface area contributed by atoms with Crippen molar-refractivity contribution in [1.82, 2.24) is 5.32 Å². The number of amides is 2. The molecule has 1 atom stereocenters. The van der Waals surface area contributed by atoms with Gasteiger partial charge in [0.1, 0.15) is 5.41 Å². The lowest BCUT2D eigenvalue weighted by Gasteiger charge is -2.36. The molecular formula is C14H16N2O3. The van der Waals surface area contributed by atoms with Crippen molar-refractivity contribution in [2.24, 2.45) is 5.41 Å². The number of benzene rings is 1. The van der Waals surface area contributed by atoms with E-state index in [1.165, 1.54) is 18.9 Å². The van der Waals surface area contributed by atoms with Crippen LogP contribution in [0.15, 0.2) is 24.3 Å². The van der Waals surface area contributed by atoms with Crippen molar-refractivity contribution in [2.75, 3.05) is 19.0 Å². The number of nitrogens with one attached hydrogen (secondary N) is 1. The second-order valence-corrected chi connectivity index (χ2v) is 4.89. The van der Waals surface area contributed by atoms with Gasteiger partial charge in [-0.05, 0) is 19.1 Å². The van der Waals surface area contributed by atoms with Crippen LogP contribution >= 0.6 is 0 Å². The fourth-order valence-corrected chi connectivity index (χ4v) is 2.40. The normalized spacial score (nSPS) is 22.2. The third-order valence-electron chi connectivity index (χ3n) is 3.58. The first-order valence-corrected chi connectivity index (χ1v) is 6.04. The van der Waals surface area contributed by atoms with Gasteiger partial charge in [-0.3, -0.25) is 14.4 Å². The van der Waals surface area contributed by atoms with Crippen LogP contribution < -0.4 is 10.2 Å². The minimum Gasteiger partial charge on any atom is -0.359 e. The lowest BCUT2D eigenvalue weighted by Crippen LogP contribution is -2.51. The number of anilines is 1. The van der Waals surface area contributed by atoms with Crippen molar-refractivity contribution >= 4 is 23.3 Å². The first-order chi connectivity index (χ1) is 8.91. The molecule has 1 heterocycles. The van der Waals surface area contributed by atoms with Crippen LogP contribution in [0.3, 0.4) is 0 Å². The van der Waals surface area contributed by atoms with Crippen LogP contribution in [0.25, 0.3) is 0 Å². The zero-order valence-electron chi connectivity index (χ0n) is 11.2. The lowest BCUT2D eigenvalue weighted by molar-refractivity contribution is -0.131. The molecule has 0 bridgehead atoms. The summed E-state index contributed by atoms with van der Waals surface area (Å²) in [5.74, 6) is -0.966. The van der Waals surface area contributed by atoms with Crippen molar-refractivity contribution in [3.05, 3.63) is 29.8 Å². The van der Waals surface area contributed by atoms with E-state index in [4.69, 9.17) is 0 Å². The number of hydrogen-bond acceptors (Lipinski definition) is 3. The van der Waals surface area contributed by atoms with Gasteiger partial charge >= 0.3 is 0 Å². The van der Waals surface area contributed by atoms with E-state index in [-0.39, 0.29) is 24.0 Å². The second-order valence-electron chi connectivity index (χ2n) is 4.89. The molecule has 0 saturated heterocycles. The summed E-state index contributed by atoms with van der Waals surface area (Å²) in [5, 5.41) is 2.46. The zero-order chi connectivity index (χ0) is 14.2. The van der Waals surface area contributed by atoms with Crippen LogP contribution in [-0.2, 0) is 9.59 Å². The molecule has 1 unspecified atom stereocenters. The van der Waals surface area contributed by atoms with Crippen LogP contribution in [0.5, 0.6) is 0 Å². The summed E-state index contributed by atoms with van der Waals surface area (Å²) in [6.45, 7) is 1.53. The third-order valence-corrected chi connectivity index (χ3v) is 3.58. The van der Waals surface area contributed by atoms with Gasteiger partial charge in [0.25, 0.3) is 0 Å². The number of ketones is 1. The van der Waals surface area contributed by atoms with Gasteiger partial charge in [-0.15, -0.1) is 0 Å². The Hall–Kier alpha value is -2.17. The van der Waals surface area contributed by atoms with E-state index in [2.05, 4.69) is 5.32 Å². The summed E-state index contributed by atoms with van der Waals surface area (Å²) in [5.41, 5.74) is -0.258. The van der Waals surface area contributed by atoms with Gasteiger partial charge in [0.15, 0.2) is 5.78 Å². The van der Waals surface area contributed by atoms with E-state index in [9.17, 15) is 14.4 Å². The maximum absolute atomic E-state index is 12.5. The van der Waals surface area contributed by atoms with Gasteiger partial charge in [-0.2, -0.15) is 0 Å². The Morgan fingerprint density at radius 2 is 1.95 bits per heavy atom. The van der Waals surface area contributed by atoms with Gasteiger partial charge in [-0.25, -0.2) is 0 Å². The molecule has 2 amide bonds. The predicted octanol–water partition coefficient (Wildman–Crippen LogP) is 0.988. The Labute approximate surface area is 111 Å². The predicted molar refractivity (Wildman–Crippen MR) is 71.0 cm³/mol. The van der Waals surface area contributed by atoms with Gasteiger partial charge in [0, 0.05) is 26.1 Å². The summed E-state index contributed by atoms with van der Waals surface area (Å²) >= 11 is 0. The van der Waals surface area contributed by atoms with Crippen LogP contribution in [0, 0.1) is 5.41 Å². The molecule has 0 saturated carbocycles. The number of para-hydroxylation sites is 1. The molecule has 1 aromatic carbocycles. The monoisotopic (exact) mass is 260 g/mol. The maximum atomic E-state index is 12.5. The SMILES string of the molecule is CNC(=O)CC1(C)C(=O)c2ccccc2N(C)C1=O. The molecule has 5 nitrogen and oxygen atoms in total. The Balaban J connectivity index is 2.52. The topological polar surface area (TPSA) is 66.5 Å². The van der Waals surface area contributed by atoms with E-state index in [1.807, 2.05) is 0 Å². The fraction of sp³-hybridized carbons (Fsp3) is 0.357. The molecule has 5 heteroatoms. The van der Waals surface area contributed by atoms with Crippen molar-refractivity contribution in [3.63, 3.8) is 0 Å².